The van der Waals surface area contributed by atoms with Gasteiger partial charge in [-0.05, 0) is 36.5 Å². The van der Waals surface area contributed by atoms with Crippen LogP contribution in [0.3, 0.4) is 0 Å². The summed E-state index contributed by atoms with van der Waals surface area (Å²) in [4.78, 5) is 0. The summed E-state index contributed by atoms with van der Waals surface area (Å²) in [5.41, 5.74) is 3.33. The van der Waals surface area contributed by atoms with E-state index in [2.05, 4.69) is 17.4 Å². The summed E-state index contributed by atoms with van der Waals surface area (Å²) in [7, 11) is 0. The van der Waals surface area contributed by atoms with Crippen molar-refractivity contribution in [2.75, 3.05) is 0 Å². The summed E-state index contributed by atoms with van der Waals surface area (Å²) < 4.78 is 0. The first-order valence-electron chi connectivity index (χ1n) is 7.04. The SMILES string of the molecule is Oc1ccc2c(c1O)CC[C@@H](NCc1ccccc1)C2. The van der Waals surface area contributed by atoms with Crippen molar-refractivity contribution in [3.8, 4) is 11.5 Å². The lowest BCUT2D eigenvalue weighted by molar-refractivity contribution is 0.388. The molecule has 0 aliphatic heterocycles. The van der Waals surface area contributed by atoms with Crippen molar-refractivity contribution in [1.82, 2.24) is 5.32 Å². The van der Waals surface area contributed by atoms with E-state index in [9.17, 15) is 10.2 Å². The van der Waals surface area contributed by atoms with Crippen molar-refractivity contribution in [3.63, 3.8) is 0 Å². The molecule has 0 saturated heterocycles. The monoisotopic (exact) mass is 269 g/mol. The van der Waals surface area contributed by atoms with Gasteiger partial charge in [0.2, 0.25) is 0 Å². The van der Waals surface area contributed by atoms with Crippen LogP contribution in [0, 0.1) is 0 Å². The minimum atomic E-state index is -0.0144. The smallest absolute Gasteiger partial charge is 0.160 e. The zero-order chi connectivity index (χ0) is 13.9. The van der Waals surface area contributed by atoms with Gasteiger partial charge in [0.05, 0.1) is 0 Å². The molecule has 104 valence electrons. The summed E-state index contributed by atoms with van der Waals surface area (Å²) in [5, 5.41) is 23.0. The highest BCUT2D eigenvalue weighted by Gasteiger charge is 2.21. The second-order valence-corrected chi connectivity index (χ2v) is 5.38. The van der Waals surface area contributed by atoms with Gasteiger partial charge < -0.3 is 15.5 Å². The summed E-state index contributed by atoms with van der Waals surface area (Å²) in [6.07, 6.45) is 2.69. The van der Waals surface area contributed by atoms with Gasteiger partial charge in [0.1, 0.15) is 0 Å². The number of fused-ring (bicyclic) bond motifs is 1. The standard InChI is InChI=1S/C17H19NO2/c19-16-9-6-13-10-14(7-8-15(13)17(16)20)18-11-12-4-2-1-3-5-12/h1-6,9,14,18-20H,7-8,10-11H2/t14-/m1/s1. The molecular formula is C17H19NO2. The lowest BCUT2D eigenvalue weighted by atomic mass is 9.87. The van der Waals surface area contributed by atoms with Crippen LogP contribution in [-0.2, 0) is 19.4 Å². The molecule has 0 aromatic heterocycles. The van der Waals surface area contributed by atoms with E-state index in [0.29, 0.717) is 6.04 Å². The van der Waals surface area contributed by atoms with Crippen molar-refractivity contribution >= 4 is 0 Å². The Balaban J connectivity index is 1.66. The molecule has 0 fully saturated rings. The van der Waals surface area contributed by atoms with Crippen molar-refractivity contribution in [2.24, 2.45) is 0 Å². The Morgan fingerprint density at radius 1 is 1.05 bits per heavy atom. The minimum Gasteiger partial charge on any atom is -0.504 e. The molecule has 2 aromatic rings. The van der Waals surface area contributed by atoms with Gasteiger partial charge in [-0.2, -0.15) is 0 Å². The van der Waals surface area contributed by atoms with Crippen LogP contribution in [-0.4, -0.2) is 16.3 Å². The molecule has 0 heterocycles. The van der Waals surface area contributed by atoms with Gasteiger partial charge in [-0.1, -0.05) is 36.4 Å². The van der Waals surface area contributed by atoms with E-state index in [4.69, 9.17) is 0 Å². The number of hydrogen-bond donors (Lipinski definition) is 3. The van der Waals surface area contributed by atoms with Crippen molar-refractivity contribution < 1.29 is 10.2 Å². The third kappa shape index (κ3) is 2.63. The molecule has 20 heavy (non-hydrogen) atoms. The van der Waals surface area contributed by atoms with Gasteiger partial charge in [-0.15, -0.1) is 0 Å². The van der Waals surface area contributed by atoms with Crippen LogP contribution < -0.4 is 5.32 Å². The Labute approximate surface area is 118 Å². The molecule has 0 amide bonds. The van der Waals surface area contributed by atoms with Crippen LogP contribution in [0.15, 0.2) is 42.5 Å². The lowest BCUT2D eigenvalue weighted by Crippen LogP contribution is -2.34. The molecular weight excluding hydrogens is 250 g/mol. The molecule has 0 unspecified atom stereocenters. The van der Waals surface area contributed by atoms with Gasteiger partial charge in [0.15, 0.2) is 11.5 Å². The Bertz CT molecular complexity index is 595. The van der Waals surface area contributed by atoms with E-state index < -0.39 is 0 Å². The Morgan fingerprint density at radius 3 is 2.65 bits per heavy atom. The maximum absolute atomic E-state index is 9.87. The number of benzene rings is 2. The number of phenols is 2. The summed E-state index contributed by atoms with van der Waals surface area (Å²) in [6.45, 7) is 0.866. The third-order valence-electron chi connectivity index (χ3n) is 4.01. The maximum Gasteiger partial charge on any atom is 0.160 e. The fourth-order valence-electron chi connectivity index (χ4n) is 2.85. The second kappa shape index (κ2) is 5.55. The Hall–Kier alpha value is -2.00. The largest absolute Gasteiger partial charge is 0.504 e. The van der Waals surface area contributed by atoms with Crippen LogP contribution in [0.5, 0.6) is 11.5 Å². The third-order valence-corrected chi connectivity index (χ3v) is 4.01. The van der Waals surface area contributed by atoms with Crippen LogP contribution in [0.2, 0.25) is 0 Å². The summed E-state index contributed by atoms with van der Waals surface area (Å²) in [6, 6.07) is 14.3. The predicted octanol–water partition coefficient (Wildman–Crippen LogP) is 2.74. The van der Waals surface area contributed by atoms with Gasteiger partial charge in [-0.25, -0.2) is 0 Å². The van der Waals surface area contributed by atoms with E-state index in [1.165, 1.54) is 5.56 Å². The van der Waals surface area contributed by atoms with Gasteiger partial charge in [0.25, 0.3) is 0 Å². The van der Waals surface area contributed by atoms with Crippen LogP contribution in [0.1, 0.15) is 23.1 Å². The molecule has 0 spiro atoms. The first-order chi connectivity index (χ1) is 9.74. The highest BCUT2D eigenvalue weighted by atomic mass is 16.3. The quantitative estimate of drug-likeness (QED) is 0.751. The van der Waals surface area contributed by atoms with E-state index in [-0.39, 0.29) is 11.5 Å². The number of hydrogen-bond acceptors (Lipinski definition) is 3. The molecule has 1 aliphatic rings. The number of rotatable bonds is 3. The summed E-state index contributed by atoms with van der Waals surface area (Å²) in [5.74, 6) is 0.0449. The average Bonchev–Trinajstić information content (AvgIpc) is 2.50. The van der Waals surface area contributed by atoms with E-state index >= 15 is 0 Å². The number of nitrogens with one attached hydrogen (secondary N) is 1. The lowest BCUT2D eigenvalue weighted by Gasteiger charge is -2.26. The van der Waals surface area contributed by atoms with Crippen LogP contribution in [0.4, 0.5) is 0 Å². The Kier molecular flexibility index (Phi) is 3.61. The highest BCUT2D eigenvalue weighted by Crippen LogP contribution is 2.35. The van der Waals surface area contributed by atoms with Crippen molar-refractivity contribution in [3.05, 3.63) is 59.2 Å². The average molecular weight is 269 g/mol. The number of phenolic OH excluding ortho intramolecular Hbond substituents is 2. The van der Waals surface area contributed by atoms with E-state index in [0.717, 1.165) is 36.9 Å². The molecule has 2 aromatic carbocycles. The van der Waals surface area contributed by atoms with E-state index in [1.807, 2.05) is 24.3 Å². The summed E-state index contributed by atoms with van der Waals surface area (Å²) >= 11 is 0. The zero-order valence-corrected chi connectivity index (χ0v) is 11.3. The molecule has 3 heteroatoms. The van der Waals surface area contributed by atoms with Crippen molar-refractivity contribution in [2.45, 2.75) is 31.8 Å². The fraction of sp³-hybridized carbons (Fsp3) is 0.294. The molecule has 1 aliphatic carbocycles. The molecule has 3 N–H and O–H groups in total. The fourth-order valence-corrected chi connectivity index (χ4v) is 2.85. The zero-order valence-electron chi connectivity index (χ0n) is 11.3. The first kappa shape index (κ1) is 13.0. The molecule has 3 nitrogen and oxygen atoms in total. The number of aromatic hydroxyl groups is 2. The normalized spacial score (nSPS) is 17.7. The van der Waals surface area contributed by atoms with E-state index in [1.54, 1.807) is 6.07 Å². The topological polar surface area (TPSA) is 52.5 Å². The second-order valence-electron chi connectivity index (χ2n) is 5.38. The predicted molar refractivity (Wildman–Crippen MR) is 78.9 cm³/mol. The van der Waals surface area contributed by atoms with Crippen LogP contribution in [0.25, 0.3) is 0 Å². The van der Waals surface area contributed by atoms with Crippen LogP contribution >= 0.6 is 0 Å². The van der Waals surface area contributed by atoms with Crippen molar-refractivity contribution in [1.29, 1.82) is 0 Å². The Morgan fingerprint density at radius 2 is 1.85 bits per heavy atom. The molecule has 0 saturated carbocycles. The maximum atomic E-state index is 9.87. The molecule has 1 atom stereocenters. The molecule has 3 rings (SSSR count). The highest BCUT2D eigenvalue weighted by molar-refractivity contribution is 5.50. The minimum absolute atomic E-state index is 0.0144. The van der Waals surface area contributed by atoms with Gasteiger partial charge in [-0.3, -0.25) is 0 Å². The van der Waals surface area contributed by atoms with Gasteiger partial charge in [0, 0.05) is 18.2 Å². The molecule has 0 radical (unpaired) electrons. The first-order valence-corrected chi connectivity index (χ1v) is 7.04. The van der Waals surface area contributed by atoms with Gasteiger partial charge >= 0.3 is 0 Å². The molecule has 0 bridgehead atoms.